The second-order valence-corrected chi connectivity index (χ2v) is 4.67. The normalized spacial score (nSPS) is 10.8. The Kier molecular flexibility index (Phi) is 3.12. The van der Waals surface area contributed by atoms with Crippen LogP contribution in [0, 0.1) is 13.8 Å². The third-order valence-electron chi connectivity index (χ3n) is 2.51. The Balaban J connectivity index is 2.49. The third-order valence-corrected chi connectivity index (χ3v) is 3.25. The summed E-state index contributed by atoms with van der Waals surface area (Å²) in [5.41, 5.74) is 9.93. The Morgan fingerprint density at radius 3 is 2.56 bits per heavy atom. The van der Waals surface area contributed by atoms with Crippen LogP contribution in [0.4, 0.5) is 0 Å². The number of aromatic nitrogens is 2. The van der Waals surface area contributed by atoms with Gasteiger partial charge in [0.2, 0.25) is 0 Å². The first-order valence-corrected chi connectivity index (χ1v) is 5.93. The minimum Gasteiger partial charge on any atom is -0.326 e. The molecule has 0 spiro atoms. The van der Waals surface area contributed by atoms with E-state index in [4.69, 9.17) is 5.73 Å². The van der Waals surface area contributed by atoms with Crippen molar-refractivity contribution in [1.82, 2.24) is 9.78 Å². The molecule has 4 heteroatoms. The van der Waals surface area contributed by atoms with Crippen LogP contribution in [0.25, 0.3) is 5.69 Å². The summed E-state index contributed by atoms with van der Waals surface area (Å²) in [4.78, 5) is 0. The van der Waals surface area contributed by atoms with E-state index in [0.29, 0.717) is 6.54 Å². The maximum Gasteiger partial charge on any atom is 0.0660 e. The lowest BCUT2D eigenvalue weighted by atomic mass is 10.2. The van der Waals surface area contributed by atoms with E-state index in [9.17, 15) is 0 Å². The molecule has 2 N–H and O–H groups in total. The highest BCUT2D eigenvalue weighted by Gasteiger charge is 2.05. The van der Waals surface area contributed by atoms with Crippen LogP contribution in [0.15, 0.2) is 28.7 Å². The van der Waals surface area contributed by atoms with Crippen molar-refractivity contribution >= 4 is 15.9 Å². The Bertz CT molecular complexity index is 517. The van der Waals surface area contributed by atoms with E-state index in [0.717, 1.165) is 27.1 Å². The topological polar surface area (TPSA) is 43.8 Å². The summed E-state index contributed by atoms with van der Waals surface area (Å²) < 4.78 is 2.96. The van der Waals surface area contributed by atoms with Gasteiger partial charge in [0.05, 0.1) is 11.4 Å². The number of aryl methyl sites for hydroxylation is 2. The summed E-state index contributed by atoms with van der Waals surface area (Å²) in [7, 11) is 0. The molecule has 84 valence electrons. The number of halogens is 1. The first kappa shape index (κ1) is 11.4. The summed E-state index contributed by atoms with van der Waals surface area (Å²) in [6.45, 7) is 4.58. The Labute approximate surface area is 103 Å². The standard InChI is InChI=1S/C12H14BrN3/c1-8-5-9(2)16(15-8)11-4-3-10(7-14)12(13)6-11/h3-6H,7,14H2,1-2H3. The Hall–Kier alpha value is -1.13. The highest BCUT2D eigenvalue weighted by atomic mass is 79.9. The molecule has 1 aromatic heterocycles. The molecule has 3 nitrogen and oxygen atoms in total. The molecule has 0 unspecified atom stereocenters. The molecule has 2 rings (SSSR count). The zero-order valence-corrected chi connectivity index (χ0v) is 11.0. The van der Waals surface area contributed by atoms with Gasteiger partial charge in [-0.15, -0.1) is 0 Å². The van der Waals surface area contributed by atoms with Gasteiger partial charge in [-0.3, -0.25) is 0 Å². The maximum absolute atomic E-state index is 5.62. The van der Waals surface area contributed by atoms with Gasteiger partial charge in [-0.25, -0.2) is 4.68 Å². The Morgan fingerprint density at radius 1 is 1.31 bits per heavy atom. The maximum atomic E-state index is 5.62. The lowest BCUT2D eigenvalue weighted by Gasteiger charge is -2.07. The zero-order chi connectivity index (χ0) is 11.7. The molecule has 2 aromatic rings. The van der Waals surface area contributed by atoms with Gasteiger partial charge in [0, 0.05) is 16.7 Å². The number of nitrogens with zero attached hydrogens (tertiary/aromatic N) is 2. The van der Waals surface area contributed by atoms with Crippen LogP contribution in [0.2, 0.25) is 0 Å². The van der Waals surface area contributed by atoms with Crippen LogP contribution in [0.5, 0.6) is 0 Å². The summed E-state index contributed by atoms with van der Waals surface area (Å²) in [6, 6.07) is 8.16. The minimum atomic E-state index is 0.540. The number of benzene rings is 1. The SMILES string of the molecule is Cc1cc(C)n(-c2ccc(CN)c(Br)c2)n1. The zero-order valence-electron chi connectivity index (χ0n) is 9.37. The molecule has 0 saturated carbocycles. The van der Waals surface area contributed by atoms with E-state index in [2.05, 4.69) is 27.1 Å². The summed E-state index contributed by atoms with van der Waals surface area (Å²) >= 11 is 3.51. The molecule has 16 heavy (non-hydrogen) atoms. The predicted molar refractivity (Wildman–Crippen MR) is 68.6 cm³/mol. The third kappa shape index (κ3) is 2.03. The summed E-state index contributed by atoms with van der Waals surface area (Å²) in [5, 5.41) is 4.44. The highest BCUT2D eigenvalue weighted by molar-refractivity contribution is 9.10. The fraction of sp³-hybridized carbons (Fsp3) is 0.250. The quantitative estimate of drug-likeness (QED) is 0.919. The minimum absolute atomic E-state index is 0.540. The average molecular weight is 280 g/mol. The van der Waals surface area contributed by atoms with Crippen molar-refractivity contribution in [2.24, 2.45) is 5.73 Å². The van der Waals surface area contributed by atoms with E-state index < -0.39 is 0 Å². The van der Waals surface area contributed by atoms with Gasteiger partial charge in [0.25, 0.3) is 0 Å². The molecule has 0 aliphatic carbocycles. The van der Waals surface area contributed by atoms with Gasteiger partial charge in [0.1, 0.15) is 0 Å². The molecule has 0 saturated heterocycles. The number of hydrogen-bond donors (Lipinski definition) is 1. The lowest BCUT2D eigenvalue weighted by molar-refractivity contribution is 0.831. The molecule has 0 amide bonds. The van der Waals surface area contributed by atoms with Crippen molar-refractivity contribution in [2.75, 3.05) is 0 Å². The van der Waals surface area contributed by atoms with Crippen LogP contribution in [-0.4, -0.2) is 9.78 Å². The second-order valence-electron chi connectivity index (χ2n) is 3.82. The van der Waals surface area contributed by atoms with Gasteiger partial charge < -0.3 is 5.73 Å². The Morgan fingerprint density at radius 2 is 2.06 bits per heavy atom. The molecule has 0 aliphatic heterocycles. The lowest BCUT2D eigenvalue weighted by Crippen LogP contribution is -2.02. The van der Waals surface area contributed by atoms with Crippen molar-refractivity contribution in [1.29, 1.82) is 0 Å². The van der Waals surface area contributed by atoms with Gasteiger partial charge >= 0.3 is 0 Å². The van der Waals surface area contributed by atoms with Crippen LogP contribution in [0.3, 0.4) is 0 Å². The summed E-state index contributed by atoms with van der Waals surface area (Å²) in [6.07, 6.45) is 0. The molecule has 0 bridgehead atoms. The second kappa shape index (κ2) is 4.39. The number of nitrogens with two attached hydrogens (primary N) is 1. The first-order chi connectivity index (χ1) is 7.61. The van der Waals surface area contributed by atoms with Crippen LogP contribution >= 0.6 is 15.9 Å². The molecular formula is C12H14BrN3. The predicted octanol–water partition coefficient (Wildman–Crippen LogP) is 2.71. The van der Waals surface area contributed by atoms with Gasteiger partial charge in [-0.2, -0.15) is 5.10 Å². The largest absolute Gasteiger partial charge is 0.326 e. The van der Waals surface area contributed by atoms with Crippen molar-refractivity contribution in [3.63, 3.8) is 0 Å². The van der Waals surface area contributed by atoms with Crippen LogP contribution < -0.4 is 5.73 Å². The average Bonchev–Trinajstić information content (AvgIpc) is 2.58. The highest BCUT2D eigenvalue weighted by Crippen LogP contribution is 2.21. The molecule has 1 heterocycles. The summed E-state index contributed by atoms with van der Waals surface area (Å²) in [5.74, 6) is 0. The molecule has 0 fully saturated rings. The monoisotopic (exact) mass is 279 g/mol. The van der Waals surface area contributed by atoms with Crippen LogP contribution in [0.1, 0.15) is 17.0 Å². The van der Waals surface area contributed by atoms with Crippen LogP contribution in [-0.2, 0) is 6.54 Å². The van der Waals surface area contributed by atoms with Crippen molar-refractivity contribution in [3.8, 4) is 5.69 Å². The fourth-order valence-electron chi connectivity index (χ4n) is 1.72. The van der Waals surface area contributed by atoms with E-state index in [1.54, 1.807) is 0 Å². The molecule has 0 aliphatic rings. The number of rotatable bonds is 2. The molecular weight excluding hydrogens is 266 g/mol. The van der Waals surface area contributed by atoms with E-state index >= 15 is 0 Å². The van der Waals surface area contributed by atoms with Crippen molar-refractivity contribution in [2.45, 2.75) is 20.4 Å². The molecule has 0 atom stereocenters. The van der Waals surface area contributed by atoms with E-state index in [1.165, 1.54) is 0 Å². The molecule has 0 radical (unpaired) electrons. The van der Waals surface area contributed by atoms with Crippen molar-refractivity contribution < 1.29 is 0 Å². The van der Waals surface area contributed by atoms with Gasteiger partial charge in [0.15, 0.2) is 0 Å². The number of hydrogen-bond acceptors (Lipinski definition) is 2. The van der Waals surface area contributed by atoms with Gasteiger partial charge in [-0.1, -0.05) is 22.0 Å². The van der Waals surface area contributed by atoms with Crippen molar-refractivity contribution in [3.05, 3.63) is 45.7 Å². The smallest absolute Gasteiger partial charge is 0.0660 e. The van der Waals surface area contributed by atoms with E-state index in [-0.39, 0.29) is 0 Å². The fourth-order valence-corrected chi connectivity index (χ4v) is 2.25. The molecule has 1 aromatic carbocycles. The first-order valence-electron chi connectivity index (χ1n) is 5.14. The van der Waals surface area contributed by atoms with E-state index in [1.807, 2.05) is 36.7 Å². The van der Waals surface area contributed by atoms with Gasteiger partial charge in [-0.05, 0) is 37.6 Å².